The van der Waals surface area contributed by atoms with Crippen LogP contribution in [0.4, 0.5) is 5.69 Å². The van der Waals surface area contributed by atoms with E-state index in [1.54, 1.807) is 43.3 Å². The fourth-order valence-corrected chi connectivity index (χ4v) is 2.22. The zero-order valence-electron chi connectivity index (χ0n) is 13.2. The summed E-state index contributed by atoms with van der Waals surface area (Å²) in [5, 5.41) is 2.70. The van der Waals surface area contributed by atoms with Crippen LogP contribution in [-0.4, -0.2) is 26.0 Å². The Morgan fingerprint density at radius 3 is 2.22 bits per heavy atom. The molecule has 6 nitrogen and oxygen atoms in total. The molecule has 0 aliphatic heterocycles. The number of hydrogen-bond donors (Lipinski definition) is 2. The molecule has 0 aliphatic rings. The molecule has 0 heterocycles. The van der Waals surface area contributed by atoms with E-state index < -0.39 is 5.91 Å². The fraction of sp³-hybridized carbons (Fsp3) is 0.176. The van der Waals surface area contributed by atoms with Crippen LogP contribution in [0.15, 0.2) is 36.4 Å². The van der Waals surface area contributed by atoms with E-state index in [-0.39, 0.29) is 11.5 Å². The number of carbonyl (C=O) groups is 2. The molecule has 2 aromatic carbocycles. The number of hydrogen-bond acceptors (Lipinski definition) is 4. The van der Waals surface area contributed by atoms with Crippen molar-refractivity contribution in [1.29, 1.82) is 0 Å². The number of para-hydroxylation sites is 1. The van der Waals surface area contributed by atoms with Gasteiger partial charge < -0.3 is 20.5 Å². The van der Waals surface area contributed by atoms with Gasteiger partial charge in [-0.05, 0) is 36.8 Å². The highest BCUT2D eigenvalue weighted by atomic mass is 16.5. The molecule has 0 spiro atoms. The highest BCUT2D eigenvalue weighted by Gasteiger charge is 2.16. The van der Waals surface area contributed by atoms with Crippen LogP contribution < -0.4 is 20.5 Å². The molecule has 0 aliphatic carbocycles. The molecule has 0 saturated carbocycles. The zero-order chi connectivity index (χ0) is 17.0. The number of rotatable bonds is 5. The standard InChI is InChI=1S/C17H18N2O4/c1-10-8-14(22-2)15(23-3)9-12(10)17(21)19-13-7-5-4-6-11(13)16(18)20/h4-9H,1-3H3,(H2,18,20)(H,19,21). The van der Waals surface area contributed by atoms with E-state index in [4.69, 9.17) is 15.2 Å². The van der Waals surface area contributed by atoms with E-state index >= 15 is 0 Å². The molecule has 6 heteroatoms. The summed E-state index contributed by atoms with van der Waals surface area (Å²) in [5.74, 6) is 0.0209. The Hall–Kier alpha value is -3.02. The number of amides is 2. The van der Waals surface area contributed by atoms with E-state index in [9.17, 15) is 9.59 Å². The highest BCUT2D eigenvalue weighted by molar-refractivity contribution is 6.09. The summed E-state index contributed by atoms with van der Waals surface area (Å²) in [6, 6.07) is 9.87. The van der Waals surface area contributed by atoms with Gasteiger partial charge in [0, 0.05) is 5.56 Å². The van der Waals surface area contributed by atoms with Crippen LogP contribution >= 0.6 is 0 Å². The number of nitrogens with one attached hydrogen (secondary N) is 1. The molecule has 0 aromatic heterocycles. The van der Waals surface area contributed by atoms with Crippen molar-refractivity contribution in [3.05, 3.63) is 53.1 Å². The molecule has 2 aromatic rings. The van der Waals surface area contributed by atoms with Gasteiger partial charge in [0.05, 0.1) is 25.5 Å². The van der Waals surface area contributed by atoms with Crippen molar-refractivity contribution < 1.29 is 19.1 Å². The Bertz CT molecular complexity index is 756. The number of methoxy groups -OCH3 is 2. The second-order valence-corrected chi connectivity index (χ2v) is 4.89. The molecule has 23 heavy (non-hydrogen) atoms. The maximum Gasteiger partial charge on any atom is 0.256 e. The van der Waals surface area contributed by atoms with Crippen LogP contribution in [0.5, 0.6) is 11.5 Å². The number of benzene rings is 2. The van der Waals surface area contributed by atoms with Crippen LogP contribution in [0.1, 0.15) is 26.3 Å². The molecule has 0 saturated heterocycles. The SMILES string of the molecule is COc1cc(C)c(C(=O)Nc2ccccc2C(N)=O)cc1OC. The molecular formula is C17H18N2O4. The predicted molar refractivity (Wildman–Crippen MR) is 87.2 cm³/mol. The van der Waals surface area contributed by atoms with Gasteiger partial charge in [-0.3, -0.25) is 9.59 Å². The molecule has 0 atom stereocenters. The lowest BCUT2D eigenvalue weighted by atomic mass is 10.1. The molecule has 120 valence electrons. The topological polar surface area (TPSA) is 90.6 Å². The molecule has 0 radical (unpaired) electrons. The third kappa shape index (κ3) is 3.42. The predicted octanol–water partition coefficient (Wildman–Crippen LogP) is 2.36. The summed E-state index contributed by atoms with van der Waals surface area (Å²) in [6.45, 7) is 1.79. The summed E-state index contributed by atoms with van der Waals surface area (Å²) < 4.78 is 10.4. The molecule has 0 bridgehead atoms. The third-order valence-corrected chi connectivity index (χ3v) is 3.42. The minimum absolute atomic E-state index is 0.249. The summed E-state index contributed by atoms with van der Waals surface area (Å²) in [4.78, 5) is 23.9. The monoisotopic (exact) mass is 314 g/mol. The Kier molecular flexibility index (Phi) is 4.85. The third-order valence-electron chi connectivity index (χ3n) is 3.42. The minimum Gasteiger partial charge on any atom is -0.493 e. The first-order valence-electron chi connectivity index (χ1n) is 6.90. The van der Waals surface area contributed by atoms with Gasteiger partial charge in [-0.15, -0.1) is 0 Å². The maximum absolute atomic E-state index is 12.5. The largest absolute Gasteiger partial charge is 0.493 e. The van der Waals surface area contributed by atoms with Gasteiger partial charge in [0.1, 0.15) is 0 Å². The zero-order valence-corrected chi connectivity index (χ0v) is 13.2. The number of carbonyl (C=O) groups excluding carboxylic acids is 2. The van der Waals surface area contributed by atoms with Gasteiger partial charge in [-0.25, -0.2) is 0 Å². The number of aryl methyl sites for hydroxylation is 1. The van der Waals surface area contributed by atoms with Crippen molar-refractivity contribution in [3.8, 4) is 11.5 Å². The van der Waals surface area contributed by atoms with Crippen molar-refractivity contribution in [3.63, 3.8) is 0 Å². The van der Waals surface area contributed by atoms with Gasteiger partial charge in [0.2, 0.25) is 0 Å². The number of ether oxygens (including phenoxy) is 2. The second kappa shape index (κ2) is 6.83. The summed E-state index contributed by atoms with van der Waals surface area (Å²) in [6.07, 6.45) is 0. The second-order valence-electron chi connectivity index (χ2n) is 4.89. The average Bonchev–Trinajstić information content (AvgIpc) is 2.54. The van der Waals surface area contributed by atoms with E-state index in [0.29, 0.717) is 22.7 Å². The summed E-state index contributed by atoms with van der Waals surface area (Å²) in [7, 11) is 3.03. The quantitative estimate of drug-likeness (QED) is 0.886. The van der Waals surface area contributed by atoms with Crippen molar-refractivity contribution in [2.45, 2.75) is 6.92 Å². The van der Waals surface area contributed by atoms with Gasteiger partial charge in [-0.1, -0.05) is 12.1 Å². The lowest BCUT2D eigenvalue weighted by Gasteiger charge is -2.14. The Balaban J connectivity index is 2.37. The van der Waals surface area contributed by atoms with Crippen molar-refractivity contribution in [2.24, 2.45) is 5.73 Å². The fourth-order valence-electron chi connectivity index (χ4n) is 2.22. The van der Waals surface area contributed by atoms with E-state index in [2.05, 4.69) is 5.32 Å². The smallest absolute Gasteiger partial charge is 0.256 e. The Morgan fingerprint density at radius 1 is 1.00 bits per heavy atom. The molecule has 0 fully saturated rings. The Morgan fingerprint density at radius 2 is 1.61 bits per heavy atom. The molecular weight excluding hydrogens is 296 g/mol. The van der Waals surface area contributed by atoms with E-state index in [0.717, 1.165) is 5.56 Å². The molecule has 2 rings (SSSR count). The van der Waals surface area contributed by atoms with Gasteiger partial charge in [0.15, 0.2) is 11.5 Å². The number of primary amides is 1. The average molecular weight is 314 g/mol. The van der Waals surface area contributed by atoms with Crippen LogP contribution in [0.2, 0.25) is 0 Å². The van der Waals surface area contributed by atoms with E-state index in [1.165, 1.54) is 14.2 Å². The molecule has 3 N–H and O–H groups in total. The van der Waals surface area contributed by atoms with Crippen molar-refractivity contribution >= 4 is 17.5 Å². The van der Waals surface area contributed by atoms with Gasteiger partial charge in [0.25, 0.3) is 11.8 Å². The first-order valence-corrected chi connectivity index (χ1v) is 6.90. The highest BCUT2D eigenvalue weighted by Crippen LogP contribution is 2.30. The van der Waals surface area contributed by atoms with Crippen LogP contribution in [-0.2, 0) is 0 Å². The van der Waals surface area contributed by atoms with Crippen LogP contribution in [0, 0.1) is 6.92 Å². The number of anilines is 1. The van der Waals surface area contributed by atoms with Crippen molar-refractivity contribution in [2.75, 3.05) is 19.5 Å². The van der Waals surface area contributed by atoms with E-state index in [1.807, 2.05) is 0 Å². The lowest BCUT2D eigenvalue weighted by molar-refractivity contribution is 0.100. The Labute approximate surface area is 134 Å². The van der Waals surface area contributed by atoms with Gasteiger partial charge >= 0.3 is 0 Å². The number of nitrogens with two attached hydrogens (primary N) is 1. The lowest BCUT2D eigenvalue weighted by Crippen LogP contribution is -2.19. The van der Waals surface area contributed by atoms with Crippen LogP contribution in [0.3, 0.4) is 0 Å². The first kappa shape index (κ1) is 16.4. The minimum atomic E-state index is -0.607. The normalized spacial score (nSPS) is 10.0. The maximum atomic E-state index is 12.5. The summed E-state index contributed by atoms with van der Waals surface area (Å²) >= 11 is 0. The first-order chi connectivity index (χ1) is 11.0. The molecule has 0 unspecified atom stereocenters. The van der Waals surface area contributed by atoms with Crippen LogP contribution in [0.25, 0.3) is 0 Å². The summed E-state index contributed by atoms with van der Waals surface area (Å²) in [5.41, 5.74) is 7.06. The van der Waals surface area contributed by atoms with Crippen molar-refractivity contribution in [1.82, 2.24) is 0 Å². The van der Waals surface area contributed by atoms with Gasteiger partial charge in [-0.2, -0.15) is 0 Å². The molecule has 2 amide bonds.